The lowest BCUT2D eigenvalue weighted by Gasteiger charge is -2.15. The molecular formula is C12H14ClF. The minimum Gasteiger partial charge on any atom is -0.207 e. The minimum absolute atomic E-state index is 0.104. The zero-order chi connectivity index (χ0) is 10.1. The first-order valence-electron chi connectivity index (χ1n) is 5.08. The summed E-state index contributed by atoms with van der Waals surface area (Å²) in [4.78, 5) is 0. The molecule has 2 rings (SSSR count). The zero-order valence-electron chi connectivity index (χ0n) is 8.26. The third kappa shape index (κ3) is 1.78. The van der Waals surface area contributed by atoms with E-state index >= 15 is 0 Å². The number of halogens is 2. The van der Waals surface area contributed by atoms with Crippen molar-refractivity contribution in [3.05, 3.63) is 35.1 Å². The van der Waals surface area contributed by atoms with Crippen LogP contribution >= 0.6 is 11.6 Å². The quantitative estimate of drug-likeness (QED) is 0.617. The molecule has 0 radical (unpaired) electrons. The van der Waals surface area contributed by atoms with Crippen LogP contribution in [0.4, 0.5) is 4.39 Å². The van der Waals surface area contributed by atoms with Crippen molar-refractivity contribution in [2.24, 2.45) is 0 Å². The molecule has 0 spiro atoms. The van der Waals surface area contributed by atoms with Crippen LogP contribution in [0, 0.1) is 12.7 Å². The third-order valence-corrected chi connectivity index (χ3v) is 3.50. The summed E-state index contributed by atoms with van der Waals surface area (Å²) in [5.74, 6) is 0.115. The Morgan fingerprint density at radius 3 is 2.79 bits per heavy atom. The molecule has 1 saturated carbocycles. The van der Waals surface area contributed by atoms with Crippen molar-refractivity contribution in [3.63, 3.8) is 0 Å². The van der Waals surface area contributed by atoms with Crippen LogP contribution in [0.25, 0.3) is 0 Å². The van der Waals surface area contributed by atoms with Crippen molar-refractivity contribution < 1.29 is 4.39 Å². The maximum Gasteiger partial charge on any atom is 0.126 e. The van der Waals surface area contributed by atoms with Crippen molar-refractivity contribution in [2.45, 2.75) is 37.5 Å². The highest BCUT2D eigenvalue weighted by Gasteiger charge is 2.28. The summed E-state index contributed by atoms with van der Waals surface area (Å²) < 4.78 is 13.5. The number of aryl methyl sites for hydroxylation is 1. The fraction of sp³-hybridized carbons (Fsp3) is 0.500. The fourth-order valence-corrected chi connectivity index (χ4v) is 2.63. The van der Waals surface area contributed by atoms with E-state index in [1.165, 1.54) is 0 Å². The number of rotatable bonds is 1. The predicted octanol–water partition coefficient (Wildman–Crippen LogP) is 4.01. The number of hydrogen-bond acceptors (Lipinski definition) is 0. The van der Waals surface area contributed by atoms with Crippen molar-refractivity contribution in [1.82, 2.24) is 0 Å². The molecule has 1 aromatic carbocycles. The number of alkyl halides is 1. The molecule has 0 heterocycles. The standard InChI is InChI=1S/C12H14ClF/c1-8-5-6-12(14)10(7-8)9-3-2-4-11(9)13/h5-7,9,11H,2-4H2,1H3. The highest BCUT2D eigenvalue weighted by atomic mass is 35.5. The monoisotopic (exact) mass is 212 g/mol. The Hall–Kier alpha value is -0.560. The molecule has 0 amide bonds. The van der Waals surface area contributed by atoms with Gasteiger partial charge in [0.25, 0.3) is 0 Å². The largest absolute Gasteiger partial charge is 0.207 e. The van der Waals surface area contributed by atoms with Gasteiger partial charge in [-0.1, -0.05) is 24.1 Å². The molecule has 2 unspecified atom stereocenters. The second kappa shape index (κ2) is 3.90. The Bertz CT molecular complexity index is 335. The second-order valence-corrected chi connectivity index (χ2v) is 4.64. The predicted molar refractivity (Wildman–Crippen MR) is 57.4 cm³/mol. The van der Waals surface area contributed by atoms with Gasteiger partial charge in [0, 0.05) is 11.3 Å². The molecule has 0 aliphatic heterocycles. The fourth-order valence-electron chi connectivity index (χ4n) is 2.21. The van der Waals surface area contributed by atoms with E-state index < -0.39 is 0 Å². The molecule has 1 aliphatic rings. The molecule has 1 aromatic rings. The molecule has 1 fully saturated rings. The van der Waals surface area contributed by atoms with Gasteiger partial charge in [0.1, 0.15) is 5.82 Å². The van der Waals surface area contributed by atoms with Gasteiger partial charge in [-0.15, -0.1) is 11.6 Å². The van der Waals surface area contributed by atoms with Crippen LogP contribution in [0.1, 0.15) is 36.3 Å². The smallest absolute Gasteiger partial charge is 0.126 e. The lowest BCUT2D eigenvalue weighted by molar-refractivity contribution is 0.581. The SMILES string of the molecule is Cc1ccc(F)c(C2CCCC2Cl)c1. The topological polar surface area (TPSA) is 0 Å². The molecule has 0 saturated heterocycles. The highest BCUT2D eigenvalue weighted by Crippen LogP contribution is 2.39. The van der Waals surface area contributed by atoms with Gasteiger partial charge in [-0.25, -0.2) is 4.39 Å². The van der Waals surface area contributed by atoms with E-state index in [2.05, 4.69) is 0 Å². The maximum atomic E-state index is 13.5. The van der Waals surface area contributed by atoms with E-state index in [1.807, 2.05) is 13.0 Å². The van der Waals surface area contributed by atoms with E-state index in [9.17, 15) is 4.39 Å². The summed E-state index contributed by atoms with van der Waals surface area (Å²) in [5, 5.41) is 0.117. The molecule has 76 valence electrons. The minimum atomic E-state index is -0.104. The molecule has 14 heavy (non-hydrogen) atoms. The van der Waals surface area contributed by atoms with Crippen molar-refractivity contribution >= 4 is 11.6 Å². The summed E-state index contributed by atoms with van der Waals surface area (Å²) in [5.41, 5.74) is 1.92. The molecule has 1 aliphatic carbocycles. The Kier molecular flexibility index (Phi) is 2.78. The van der Waals surface area contributed by atoms with Gasteiger partial charge in [0.2, 0.25) is 0 Å². The van der Waals surface area contributed by atoms with Crippen molar-refractivity contribution in [1.29, 1.82) is 0 Å². The Morgan fingerprint density at radius 1 is 1.36 bits per heavy atom. The van der Waals surface area contributed by atoms with Gasteiger partial charge in [-0.3, -0.25) is 0 Å². The van der Waals surface area contributed by atoms with Gasteiger partial charge in [0.05, 0.1) is 0 Å². The van der Waals surface area contributed by atoms with E-state index in [0.717, 1.165) is 30.4 Å². The Labute approximate surface area is 89.1 Å². The highest BCUT2D eigenvalue weighted by molar-refractivity contribution is 6.21. The lowest BCUT2D eigenvalue weighted by Crippen LogP contribution is -2.07. The molecule has 2 heteroatoms. The molecule has 2 atom stereocenters. The van der Waals surface area contributed by atoms with Gasteiger partial charge >= 0.3 is 0 Å². The van der Waals surface area contributed by atoms with Crippen LogP contribution in [0.15, 0.2) is 18.2 Å². The molecule has 0 nitrogen and oxygen atoms in total. The van der Waals surface area contributed by atoms with E-state index in [4.69, 9.17) is 11.6 Å². The lowest BCUT2D eigenvalue weighted by atomic mass is 9.95. The number of hydrogen-bond donors (Lipinski definition) is 0. The summed E-state index contributed by atoms with van der Waals surface area (Å²) in [7, 11) is 0. The number of benzene rings is 1. The van der Waals surface area contributed by atoms with Crippen LogP contribution in [0.5, 0.6) is 0 Å². The van der Waals surface area contributed by atoms with Gasteiger partial charge < -0.3 is 0 Å². The maximum absolute atomic E-state index is 13.5. The van der Waals surface area contributed by atoms with Crippen LogP contribution in [-0.2, 0) is 0 Å². The van der Waals surface area contributed by atoms with E-state index in [0.29, 0.717) is 0 Å². The van der Waals surface area contributed by atoms with Crippen molar-refractivity contribution in [3.8, 4) is 0 Å². The Morgan fingerprint density at radius 2 is 2.14 bits per heavy atom. The average Bonchev–Trinajstić information content (AvgIpc) is 2.56. The first-order chi connectivity index (χ1) is 6.68. The van der Waals surface area contributed by atoms with Crippen molar-refractivity contribution in [2.75, 3.05) is 0 Å². The van der Waals surface area contributed by atoms with Gasteiger partial charge in [-0.05, 0) is 31.4 Å². The van der Waals surface area contributed by atoms with E-state index in [1.54, 1.807) is 12.1 Å². The summed E-state index contributed by atoms with van der Waals surface area (Å²) in [6.45, 7) is 1.99. The average molecular weight is 213 g/mol. The Balaban J connectivity index is 2.34. The van der Waals surface area contributed by atoms with E-state index in [-0.39, 0.29) is 17.1 Å². The van der Waals surface area contributed by atoms with Crippen LogP contribution in [-0.4, -0.2) is 5.38 Å². The molecule has 0 N–H and O–H groups in total. The first-order valence-corrected chi connectivity index (χ1v) is 5.52. The second-order valence-electron chi connectivity index (χ2n) is 4.08. The molecular weight excluding hydrogens is 199 g/mol. The molecule has 0 aromatic heterocycles. The van der Waals surface area contributed by atoms with Crippen LogP contribution in [0.3, 0.4) is 0 Å². The van der Waals surface area contributed by atoms with Gasteiger partial charge in [0.15, 0.2) is 0 Å². The normalized spacial score (nSPS) is 26.8. The van der Waals surface area contributed by atoms with Crippen LogP contribution in [0.2, 0.25) is 0 Å². The van der Waals surface area contributed by atoms with Gasteiger partial charge in [-0.2, -0.15) is 0 Å². The molecule has 0 bridgehead atoms. The zero-order valence-corrected chi connectivity index (χ0v) is 9.02. The summed E-state index contributed by atoms with van der Waals surface area (Å²) in [6, 6.07) is 5.28. The summed E-state index contributed by atoms with van der Waals surface area (Å²) >= 11 is 6.17. The summed E-state index contributed by atoms with van der Waals surface area (Å²) in [6.07, 6.45) is 3.15. The third-order valence-electron chi connectivity index (χ3n) is 2.98. The first kappa shape index (κ1) is 9.97. The van der Waals surface area contributed by atoms with Crippen LogP contribution < -0.4 is 0 Å².